The van der Waals surface area contributed by atoms with E-state index in [1.807, 2.05) is 0 Å². The topological polar surface area (TPSA) is 94.9 Å². The van der Waals surface area contributed by atoms with Crippen molar-refractivity contribution < 1.29 is 13.9 Å². The minimum atomic E-state index is -0.456. The molecule has 9 nitrogen and oxygen atoms in total. The van der Waals surface area contributed by atoms with Gasteiger partial charge in [-0.1, -0.05) is 12.1 Å². The number of methoxy groups -OCH3 is 1. The van der Waals surface area contributed by atoms with Gasteiger partial charge in [-0.15, -0.1) is 5.10 Å². The maximum Gasteiger partial charge on any atom is 0.350 e. The minimum absolute atomic E-state index is 0.274. The summed E-state index contributed by atoms with van der Waals surface area (Å²) in [5, 5.41) is 11.5. The Labute approximate surface area is 180 Å². The van der Waals surface area contributed by atoms with Crippen molar-refractivity contribution in [2.24, 2.45) is 0 Å². The van der Waals surface area contributed by atoms with Crippen LogP contribution in [0.5, 0.6) is 5.75 Å². The van der Waals surface area contributed by atoms with Crippen LogP contribution in [0.15, 0.2) is 71.8 Å². The molecule has 5 aromatic rings. The fourth-order valence-corrected chi connectivity index (χ4v) is 3.47. The van der Waals surface area contributed by atoms with Gasteiger partial charge in [-0.05, 0) is 42.5 Å². The van der Waals surface area contributed by atoms with Crippen molar-refractivity contribution in [3.8, 4) is 17.0 Å². The lowest BCUT2D eigenvalue weighted by atomic mass is 10.1. The van der Waals surface area contributed by atoms with E-state index in [0.717, 1.165) is 10.2 Å². The van der Waals surface area contributed by atoms with E-state index in [1.54, 1.807) is 53.2 Å². The molecular weight excluding hydrogens is 415 g/mol. The number of hydrogen-bond donors (Lipinski definition) is 1. The van der Waals surface area contributed by atoms with Crippen LogP contribution in [-0.2, 0) is 11.3 Å². The molecule has 0 bridgehead atoms. The van der Waals surface area contributed by atoms with E-state index in [1.165, 1.54) is 29.8 Å². The molecule has 5 rings (SSSR count). The van der Waals surface area contributed by atoms with Gasteiger partial charge in [0, 0.05) is 18.0 Å². The van der Waals surface area contributed by atoms with E-state index in [4.69, 9.17) is 4.74 Å². The van der Waals surface area contributed by atoms with Crippen LogP contribution in [-0.4, -0.2) is 36.8 Å². The minimum Gasteiger partial charge on any atom is -0.495 e. The van der Waals surface area contributed by atoms with E-state index in [9.17, 15) is 14.0 Å². The maximum atomic E-state index is 13.2. The fraction of sp³-hybridized carbons (Fsp3) is 0.0909. The lowest BCUT2D eigenvalue weighted by Crippen LogP contribution is -2.28. The zero-order valence-corrected chi connectivity index (χ0v) is 16.9. The van der Waals surface area contributed by atoms with Crippen molar-refractivity contribution in [3.05, 3.63) is 83.3 Å². The number of para-hydroxylation sites is 2. The molecule has 3 heterocycles. The van der Waals surface area contributed by atoms with Crippen LogP contribution >= 0.6 is 0 Å². The van der Waals surface area contributed by atoms with Crippen molar-refractivity contribution in [1.82, 2.24) is 23.8 Å². The van der Waals surface area contributed by atoms with Crippen molar-refractivity contribution >= 4 is 22.8 Å². The monoisotopic (exact) mass is 432 g/mol. The molecule has 0 aliphatic carbocycles. The van der Waals surface area contributed by atoms with Gasteiger partial charge in [-0.2, -0.15) is 5.10 Å². The number of nitrogens with zero attached hydrogens (tertiary/aromatic N) is 5. The number of carbonyl (C=O) groups is 1. The summed E-state index contributed by atoms with van der Waals surface area (Å²) in [5.41, 5.74) is 2.30. The normalized spacial score (nSPS) is 11.2. The molecule has 3 aromatic heterocycles. The molecule has 160 valence electrons. The van der Waals surface area contributed by atoms with Gasteiger partial charge in [-0.3, -0.25) is 4.79 Å². The second-order valence-electron chi connectivity index (χ2n) is 7.05. The van der Waals surface area contributed by atoms with E-state index < -0.39 is 11.6 Å². The molecule has 0 fully saturated rings. The average molecular weight is 432 g/mol. The van der Waals surface area contributed by atoms with Gasteiger partial charge in [0.25, 0.3) is 0 Å². The number of ether oxygens (including phenoxy) is 1. The molecule has 0 unspecified atom stereocenters. The standard InChI is InChI=1S/C22H17FN6O3/c1-32-19-5-3-2-4-16(19)24-20(30)13-29-22(31)27-10-11-28-18(21(27)26-29)12-17(25-28)14-6-8-15(23)9-7-14/h2-12H,13H2,1H3,(H,24,30). The Morgan fingerprint density at radius 2 is 1.88 bits per heavy atom. The summed E-state index contributed by atoms with van der Waals surface area (Å²) < 4.78 is 22.5. The number of hydrogen-bond acceptors (Lipinski definition) is 5. The Balaban J connectivity index is 1.48. The van der Waals surface area contributed by atoms with Crippen molar-refractivity contribution in [1.29, 1.82) is 0 Å². The summed E-state index contributed by atoms with van der Waals surface area (Å²) in [5.74, 6) is -0.245. The summed E-state index contributed by atoms with van der Waals surface area (Å²) in [6, 6.07) is 14.7. The van der Waals surface area contributed by atoms with E-state index in [2.05, 4.69) is 15.5 Å². The second-order valence-corrected chi connectivity index (χ2v) is 7.05. The van der Waals surface area contributed by atoms with Gasteiger partial charge >= 0.3 is 5.69 Å². The third kappa shape index (κ3) is 3.37. The lowest BCUT2D eigenvalue weighted by molar-refractivity contribution is -0.117. The van der Waals surface area contributed by atoms with Crippen LogP contribution in [0, 0.1) is 5.82 Å². The van der Waals surface area contributed by atoms with Crippen LogP contribution in [0.25, 0.3) is 22.4 Å². The number of rotatable bonds is 5. The smallest absolute Gasteiger partial charge is 0.350 e. The molecule has 0 aliphatic heterocycles. The van der Waals surface area contributed by atoms with Crippen LogP contribution < -0.4 is 15.7 Å². The predicted molar refractivity (Wildman–Crippen MR) is 115 cm³/mol. The Bertz CT molecular complexity index is 1520. The van der Waals surface area contributed by atoms with Crippen LogP contribution in [0.2, 0.25) is 0 Å². The summed E-state index contributed by atoms with van der Waals surface area (Å²) in [4.78, 5) is 25.3. The highest BCUT2D eigenvalue weighted by Gasteiger charge is 2.16. The number of benzene rings is 2. The van der Waals surface area contributed by atoms with Gasteiger partial charge in [0.1, 0.15) is 23.6 Å². The highest BCUT2D eigenvalue weighted by molar-refractivity contribution is 5.92. The summed E-state index contributed by atoms with van der Waals surface area (Å²) in [6.07, 6.45) is 3.16. The highest BCUT2D eigenvalue weighted by atomic mass is 19.1. The molecule has 0 saturated carbocycles. The number of anilines is 1. The van der Waals surface area contributed by atoms with Gasteiger partial charge in [0.2, 0.25) is 5.91 Å². The Morgan fingerprint density at radius 3 is 2.66 bits per heavy atom. The molecule has 0 spiro atoms. The first-order valence-corrected chi connectivity index (χ1v) is 9.70. The number of fused-ring (bicyclic) bond motifs is 3. The first kappa shape index (κ1) is 19.5. The SMILES string of the molecule is COc1ccccc1NC(=O)Cn1nc2c3cc(-c4ccc(F)cc4)nn3ccn2c1=O. The van der Waals surface area contributed by atoms with Crippen molar-refractivity contribution in [3.63, 3.8) is 0 Å². The molecule has 0 saturated heterocycles. The molecule has 1 amide bonds. The molecule has 2 aromatic carbocycles. The molecule has 0 aliphatic rings. The fourth-order valence-electron chi connectivity index (χ4n) is 3.47. The number of halogens is 1. The third-order valence-electron chi connectivity index (χ3n) is 5.01. The molecule has 0 radical (unpaired) electrons. The third-order valence-corrected chi connectivity index (χ3v) is 5.01. The predicted octanol–water partition coefficient (Wildman–Crippen LogP) is 2.60. The van der Waals surface area contributed by atoms with Gasteiger partial charge in [0.05, 0.1) is 18.5 Å². The number of amides is 1. The molecule has 1 N–H and O–H groups in total. The zero-order chi connectivity index (χ0) is 22.2. The Morgan fingerprint density at radius 1 is 1.09 bits per heavy atom. The average Bonchev–Trinajstić information content (AvgIpc) is 3.36. The lowest BCUT2D eigenvalue weighted by Gasteiger charge is -2.09. The largest absolute Gasteiger partial charge is 0.495 e. The van der Waals surface area contributed by atoms with Crippen LogP contribution in [0.3, 0.4) is 0 Å². The summed E-state index contributed by atoms with van der Waals surface area (Å²) in [7, 11) is 1.51. The molecule has 32 heavy (non-hydrogen) atoms. The first-order valence-electron chi connectivity index (χ1n) is 9.70. The Kier molecular flexibility index (Phi) is 4.66. The molecule has 0 atom stereocenters. The maximum absolute atomic E-state index is 13.2. The van der Waals surface area contributed by atoms with Crippen molar-refractivity contribution in [2.45, 2.75) is 6.54 Å². The molecule has 10 heteroatoms. The second kappa shape index (κ2) is 7.65. The van der Waals surface area contributed by atoms with E-state index >= 15 is 0 Å². The van der Waals surface area contributed by atoms with Crippen molar-refractivity contribution in [2.75, 3.05) is 12.4 Å². The van der Waals surface area contributed by atoms with E-state index in [0.29, 0.717) is 28.3 Å². The number of carbonyl (C=O) groups excluding carboxylic acids is 1. The molecular formula is C22H17FN6O3. The van der Waals surface area contributed by atoms with Gasteiger partial charge < -0.3 is 10.1 Å². The van der Waals surface area contributed by atoms with Crippen LogP contribution in [0.1, 0.15) is 0 Å². The van der Waals surface area contributed by atoms with E-state index in [-0.39, 0.29) is 12.4 Å². The van der Waals surface area contributed by atoms with Gasteiger partial charge in [-0.25, -0.2) is 22.8 Å². The number of nitrogens with one attached hydrogen (secondary N) is 1. The quantitative estimate of drug-likeness (QED) is 0.461. The zero-order valence-electron chi connectivity index (χ0n) is 16.9. The summed E-state index contributed by atoms with van der Waals surface area (Å²) >= 11 is 0. The Hall–Kier alpha value is -4.47. The first-order chi connectivity index (χ1) is 15.5. The van der Waals surface area contributed by atoms with Gasteiger partial charge in [0.15, 0.2) is 5.65 Å². The highest BCUT2D eigenvalue weighted by Crippen LogP contribution is 2.23. The summed E-state index contributed by atoms with van der Waals surface area (Å²) in [6.45, 7) is -0.274. The van der Waals surface area contributed by atoms with Crippen LogP contribution in [0.4, 0.5) is 10.1 Å². The number of aromatic nitrogens is 5.